The lowest BCUT2D eigenvalue weighted by molar-refractivity contribution is -0.385. The fraction of sp³-hybridized carbons (Fsp3) is 0.278. The number of aryl methyl sites for hydroxylation is 1. The third-order valence-corrected chi connectivity index (χ3v) is 5.43. The molecule has 9 nitrogen and oxygen atoms in total. The van der Waals surface area contributed by atoms with E-state index in [1.807, 2.05) is 0 Å². The van der Waals surface area contributed by atoms with Crippen LogP contribution in [0.4, 0.5) is 10.1 Å². The lowest BCUT2D eigenvalue weighted by Crippen LogP contribution is -2.41. The van der Waals surface area contributed by atoms with Crippen LogP contribution in [0.2, 0.25) is 0 Å². The number of rotatable bonds is 8. The number of non-ortho nitro benzene ring substituents is 1. The van der Waals surface area contributed by atoms with Crippen molar-refractivity contribution in [1.29, 1.82) is 0 Å². The van der Waals surface area contributed by atoms with Crippen molar-refractivity contribution >= 4 is 45.6 Å². The predicted molar refractivity (Wildman–Crippen MR) is 123 cm³/mol. The average molecular weight is 551 g/mol. The molecule has 164 valence electrons. The number of nitrogens with one attached hydrogen (secondary N) is 3. The Kier molecular flexibility index (Phi) is 10.1. The lowest BCUT2D eigenvalue weighted by atomic mass is 10.1. The number of aliphatic imine (C=N–C) groups is 1. The summed E-state index contributed by atoms with van der Waals surface area (Å²) in [6.07, 6.45) is 0. The third kappa shape index (κ3) is 7.50. The summed E-state index contributed by atoms with van der Waals surface area (Å²) in [5.74, 6) is 0.128. The van der Waals surface area contributed by atoms with Gasteiger partial charge in [0.2, 0.25) is 10.0 Å². The highest BCUT2D eigenvalue weighted by Crippen LogP contribution is 2.16. The molecule has 0 saturated heterocycles. The molecule has 0 aromatic heterocycles. The SMILES string of the molecule is CN=C(NCCNS(=O)(=O)c1cccc([N+](=O)[O-])c1)NCc1ccc(C)c(F)c1.I. The van der Waals surface area contributed by atoms with Crippen LogP contribution >= 0.6 is 24.0 Å². The molecular weight excluding hydrogens is 528 g/mol. The Morgan fingerprint density at radius 2 is 1.90 bits per heavy atom. The maximum Gasteiger partial charge on any atom is 0.270 e. The van der Waals surface area contributed by atoms with E-state index in [4.69, 9.17) is 0 Å². The summed E-state index contributed by atoms with van der Waals surface area (Å²) >= 11 is 0. The molecular formula is C18H23FIN5O4S. The molecule has 0 bridgehead atoms. The van der Waals surface area contributed by atoms with Gasteiger partial charge in [-0.2, -0.15) is 0 Å². The first-order valence-corrected chi connectivity index (χ1v) is 10.1. The zero-order chi connectivity index (χ0) is 21.4. The number of nitro benzene ring substituents is 1. The van der Waals surface area contributed by atoms with Gasteiger partial charge in [0.15, 0.2) is 5.96 Å². The molecule has 2 rings (SSSR count). The van der Waals surface area contributed by atoms with Gasteiger partial charge in [-0.1, -0.05) is 18.2 Å². The molecule has 0 saturated carbocycles. The molecule has 2 aromatic rings. The van der Waals surface area contributed by atoms with E-state index in [9.17, 15) is 22.9 Å². The van der Waals surface area contributed by atoms with Crippen molar-refractivity contribution in [1.82, 2.24) is 15.4 Å². The smallest absolute Gasteiger partial charge is 0.270 e. The van der Waals surface area contributed by atoms with Gasteiger partial charge in [-0.25, -0.2) is 17.5 Å². The van der Waals surface area contributed by atoms with Gasteiger partial charge in [0.1, 0.15) is 5.82 Å². The minimum atomic E-state index is -3.88. The second kappa shape index (κ2) is 11.8. The van der Waals surface area contributed by atoms with Crippen molar-refractivity contribution in [2.45, 2.75) is 18.4 Å². The van der Waals surface area contributed by atoms with Crippen LogP contribution in [0.5, 0.6) is 0 Å². The van der Waals surface area contributed by atoms with Crippen LogP contribution in [-0.4, -0.2) is 39.4 Å². The van der Waals surface area contributed by atoms with E-state index in [1.54, 1.807) is 26.1 Å². The summed E-state index contributed by atoms with van der Waals surface area (Å²) in [6.45, 7) is 2.28. The Bertz CT molecular complexity index is 1020. The summed E-state index contributed by atoms with van der Waals surface area (Å²) in [5, 5.41) is 16.7. The maximum atomic E-state index is 13.6. The number of guanidine groups is 1. The summed E-state index contributed by atoms with van der Waals surface area (Å²) in [4.78, 5) is 14.0. The van der Waals surface area contributed by atoms with Crippen molar-refractivity contribution < 1.29 is 17.7 Å². The quantitative estimate of drug-likeness (QED) is 0.116. The largest absolute Gasteiger partial charge is 0.355 e. The van der Waals surface area contributed by atoms with Crippen LogP contribution < -0.4 is 15.4 Å². The van der Waals surface area contributed by atoms with Crippen LogP contribution in [0, 0.1) is 22.9 Å². The van der Waals surface area contributed by atoms with Crippen LogP contribution in [-0.2, 0) is 16.6 Å². The van der Waals surface area contributed by atoms with Gasteiger partial charge in [0.05, 0.1) is 9.82 Å². The molecule has 0 atom stereocenters. The molecule has 0 unspecified atom stereocenters. The van der Waals surface area contributed by atoms with Gasteiger partial charge in [-0.05, 0) is 30.2 Å². The third-order valence-electron chi connectivity index (χ3n) is 3.97. The maximum absolute atomic E-state index is 13.6. The first-order chi connectivity index (χ1) is 13.7. The minimum Gasteiger partial charge on any atom is -0.355 e. The highest BCUT2D eigenvalue weighted by Gasteiger charge is 2.17. The summed E-state index contributed by atoms with van der Waals surface area (Å²) in [5.41, 5.74) is 0.998. The lowest BCUT2D eigenvalue weighted by Gasteiger charge is -2.13. The molecule has 0 fully saturated rings. The molecule has 0 radical (unpaired) electrons. The number of nitrogens with zero attached hydrogens (tertiary/aromatic N) is 2. The number of hydrogen-bond acceptors (Lipinski definition) is 5. The number of sulfonamides is 1. The normalized spacial score (nSPS) is 11.5. The minimum absolute atomic E-state index is 0. The van der Waals surface area contributed by atoms with Gasteiger partial charge < -0.3 is 10.6 Å². The molecule has 3 N–H and O–H groups in total. The van der Waals surface area contributed by atoms with E-state index in [0.717, 1.165) is 11.6 Å². The molecule has 0 spiro atoms. The monoisotopic (exact) mass is 551 g/mol. The average Bonchev–Trinajstić information content (AvgIpc) is 2.70. The Morgan fingerprint density at radius 1 is 1.17 bits per heavy atom. The summed E-state index contributed by atoms with van der Waals surface area (Å²) < 4.78 is 40.4. The van der Waals surface area contributed by atoms with Gasteiger partial charge in [-0.15, -0.1) is 24.0 Å². The van der Waals surface area contributed by atoms with E-state index in [1.165, 1.54) is 24.3 Å². The van der Waals surface area contributed by atoms with Crippen molar-refractivity contribution in [2.24, 2.45) is 4.99 Å². The summed E-state index contributed by atoms with van der Waals surface area (Å²) in [7, 11) is -2.33. The Labute approximate surface area is 191 Å². The van der Waals surface area contributed by atoms with Gasteiger partial charge in [0.25, 0.3) is 5.69 Å². The van der Waals surface area contributed by atoms with Crippen LogP contribution in [0.25, 0.3) is 0 Å². The molecule has 0 aliphatic heterocycles. The Morgan fingerprint density at radius 3 is 2.53 bits per heavy atom. The van der Waals surface area contributed by atoms with Gasteiger partial charge >= 0.3 is 0 Å². The highest BCUT2D eigenvalue weighted by molar-refractivity contribution is 14.0. The predicted octanol–water partition coefficient (Wildman–Crippen LogP) is 2.30. The molecule has 0 aliphatic rings. The van der Waals surface area contributed by atoms with Gasteiger partial charge in [0, 0.05) is 38.8 Å². The molecule has 0 amide bonds. The Balaban J connectivity index is 0.00000450. The first kappa shape index (κ1) is 25.7. The number of benzene rings is 2. The van der Waals surface area contributed by atoms with Crippen LogP contribution in [0.3, 0.4) is 0 Å². The van der Waals surface area contributed by atoms with Crippen LogP contribution in [0.15, 0.2) is 52.4 Å². The van der Waals surface area contributed by atoms with E-state index in [-0.39, 0.29) is 53.5 Å². The summed E-state index contributed by atoms with van der Waals surface area (Å²) in [6, 6.07) is 9.72. The van der Waals surface area contributed by atoms with E-state index < -0.39 is 14.9 Å². The fourth-order valence-electron chi connectivity index (χ4n) is 2.37. The van der Waals surface area contributed by atoms with Crippen LogP contribution in [0.1, 0.15) is 11.1 Å². The number of nitro groups is 1. The van der Waals surface area contributed by atoms with E-state index >= 15 is 0 Å². The molecule has 0 heterocycles. The molecule has 0 aliphatic carbocycles. The van der Waals surface area contributed by atoms with E-state index in [2.05, 4.69) is 20.3 Å². The Hall–Kier alpha value is -2.32. The topological polar surface area (TPSA) is 126 Å². The van der Waals surface area contributed by atoms with Crippen molar-refractivity contribution in [2.75, 3.05) is 20.1 Å². The first-order valence-electron chi connectivity index (χ1n) is 8.66. The van der Waals surface area contributed by atoms with Gasteiger partial charge in [-0.3, -0.25) is 15.1 Å². The second-order valence-electron chi connectivity index (χ2n) is 6.09. The number of halogens is 2. The standard InChI is InChI=1S/C18H22FN5O4S.HI/c1-13-6-7-14(10-17(13)19)12-22-18(20-2)21-8-9-23-29(27,28)16-5-3-4-15(11-16)24(25)26;/h3-7,10-11,23H,8-9,12H2,1-2H3,(H2,20,21,22);1H. The zero-order valence-electron chi connectivity index (χ0n) is 16.4. The van der Waals surface area contributed by atoms with Crippen molar-refractivity contribution in [3.8, 4) is 0 Å². The van der Waals surface area contributed by atoms with Crippen molar-refractivity contribution in [3.63, 3.8) is 0 Å². The molecule has 2 aromatic carbocycles. The zero-order valence-corrected chi connectivity index (χ0v) is 19.5. The number of hydrogen-bond donors (Lipinski definition) is 3. The second-order valence-corrected chi connectivity index (χ2v) is 7.86. The van der Waals surface area contributed by atoms with E-state index in [0.29, 0.717) is 18.1 Å². The van der Waals surface area contributed by atoms with Crippen molar-refractivity contribution in [3.05, 3.63) is 69.5 Å². The molecule has 12 heteroatoms. The molecule has 30 heavy (non-hydrogen) atoms. The fourth-order valence-corrected chi connectivity index (χ4v) is 3.44. The highest BCUT2D eigenvalue weighted by atomic mass is 127.